The third-order valence-corrected chi connectivity index (χ3v) is 7.60. The molecule has 1 amide bonds. The van der Waals surface area contributed by atoms with E-state index in [2.05, 4.69) is 4.72 Å². The van der Waals surface area contributed by atoms with Crippen molar-refractivity contribution in [3.05, 3.63) is 36.4 Å². The minimum absolute atomic E-state index is 0.233. The highest BCUT2D eigenvalue weighted by molar-refractivity contribution is 8.76. The van der Waals surface area contributed by atoms with Crippen LogP contribution in [0.2, 0.25) is 0 Å². The van der Waals surface area contributed by atoms with Crippen LogP contribution in [0.15, 0.2) is 41.3 Å². The summed E-state index contributed by atoms with van der Waals surface area (Å²) >= 11 is 0. The number of benzene rings is 2. The molecule has 2 aromatic rings. The maximum absolute atomic E-state index is 12.8. The van der Waals surface area contributed by atoms with Gasteiger partial charge in [0.15, 0.2) is 0 Å². The summed E-state index contributed by atoms with van der Waals surface area (Å²) in [7, 11) is 3.22. The first-order valence-corrected chi connectivity index (χ1v) is 12.4. The molecule has 0 aliphatic heterocycles. The highest BCUT2D eigenvalue weighted by Gasteiger charge is 2.18. The molecule has 0 spiro atoms. The molecule has 0 bridgehead atoms. The van der Waals surface area contributed by atoms with Gasteiger partial charge in [0.1, 0.15) is 6.61 Å². The van der Waals surface area contributed by atoms with Crippen LogP contribution in [0.25, 0.3) is 10.8 Å². The van der Waals surface area contributed by atoms with Crippen LogP contribution in [-0.2, 0) is 14.8 Å². The van der Waals surface area contributed by atoms with Crippen molar-refractivity contribution < 1.29 is 17.9 Å². The summed E-state index contributed by atoms with van der Waals surface area (Å²) in [5.74, 6) is 6.06. The normalized spacial score (nSPS) is 11.4. The Morgan fingerprint density at radius 1 is 1.11 bits per heavy atom. The van der Waals surface area contributed by atoms with Crippen molar-refractivity contribution in [2.75, 3.05) is 43.7 Å². The number of hydrogen-bond donors (Lipinski definition) is 3. The lowest BCUT2D eigenvalue weighted by Crippen LogP contribution is -2.31. The van der Waals surface area contributed by atoms with Gasteiger partial charge in [-0.2, -0.15) is 0 Å². The molecule has 0 saturated carbocycles. The first kappa shape index (κ1) is 22.6. The Balaban J connectivity index is 1.91. The average Bonchev–Trinajstić information content (AvgIpc) is 2.68. The molecule has 0 aliphatic carbocycles. The number of nitrogens with two attached hydrogens (primary N) is 1. The summed E-state index contributed by atoms with van der Waals surface area (Å²) in [6, 6.07) is 10.9. The zero-order chi connectivity index (χ0) is 20.6. The standard InChI is InChI=1S/C17H24N4O4S3/c1-21(2)15-7-3-6-14-13(15)5-4-8-16(14)28(23,24)19-9-11-26-27-12-10-25-17(22)20-18/h3-8,19H,9-12,18H2,1-2H3,(H,20,22). The summed E-state index contributed by atoms with van der Waals surface area (Å²) in [6.45, 7) is 0.532. The van der Waals surface area contributed by atoms with Gasteiger partial charge >= 0.3 is 6.09 Å². The van der Waals surface area contributed by atoms with Crippen LogP contribution in [0.3, 0.4) is 0 Å². The maximum Gasteiger partial charge on any atom is 0.421 e. The zero-order valence-corrected chi connectivity index (χ0v) is 18.1. The van der Waals surface area contributed by atoms with Crippen LogP contribution in [0.4, 0.5) is 10.5 Å². The third kappa shape index (κ3) is 6.17. The molecular formula is C17H24N4O4S3. The summed E-state index contributed by atoms with van der Waals surface area (Å²) < 4.78 is 32.9. The predicted octanol–water partition coefficient (Wildman–Crippen LogP) is 2.17. The Kier molecular flexibility index (Phi) is 8.70. The van der Waals surface area contributed by atoms with Gasteiger partial charge < -0.3 is 9.64 Å². The number of sulfonamides is 1. The van der Waals surface area contributed by atoms with Crippen LogP contribution in [0, 0.1) is 0 Å². The van der Waals surface area contributed by atoms with Crippen molar-refractivity contribution in [1.82, 2.24) is 10.1 Å². The third-order valence-electron chi connectivity index (χ3n) is 3.71. The first-order valence-electron chi connectivity index (χ1n) is 8.43. The van der Waals surface area contributed by atoms with E-state index >= 15 is 0 Å². The predicted molar refractivity (Wildman–Crippen MR) is 117 cm³/mol. The second kappa shape index (κ2) is 10.8. The van der Waals surface area contributed by atoms with Crippen LogP contribution in [0.1, 0.15) is 0 Å². The number of carbonyl (C=O) groups excluding carboxylic acids is 1. The molecule has 0 atom stereocenters. The summed E-state index contributed by atoms with van der Waals surface area (Å²) in [6.07, 6.45) is -0.675. The van der Waals surface area contributed by atoms with E-state index in [1.165, 1.54) is 21.6 Å². The molecule has 0 saturated heterocycles. The molecule has 0 aromatic heterocycles. The second-order valence-corrected chi connectivity index (χ2v) is 10.3. The monoisotopic (exact) mass is 444 g/mol. The van der Waals surface area contributed by atoms with Crippen LogP contribution >= 0.6 is 21.6 Å². The lowest BCUT2D eigenvalue weighted by Gasteiger charge is -2.17. The number of nitrogens with zero attached hydrogens (tertiary/aromatic N) is 1. The highest BCUT2D eigenvalue weighted by Crippen LogP contribution is 2.30. The number of nitrogens with one attached hydrogen (secondary N) is 2. The van der Waals surface area contributed by atoms with Crippen molar-refractivity contribution in [1.29, 1.82) is 0 Å². The first-order chi connectivity index (χ1) is 13.4. The lowest BCUT2D eigenvalue weighted by atomic mass is 10.1. The molecule has 0 radical (unpaired) electrons. The van der Waals surface area contributed by atoms with Gasteiger partial charge in [0.2, 0.25) is 10.0 Å². The van der Waals surface area contributed by atoms with Crippen molar-refractivity contribution in [3.8, 4) is 0 Å². The molecule has 0 aliphatic rings. The van der Waals surface area contributed by atoms with Crippen LogP contribution < -0.4 is 20.9 Å². The molecule has 2 aromatic carbocycles. The van der Waals surface area contributed by atoms with Gasteiger partial charge in [-0.15, -0.1) is 0 Å². The van der Waals surface area contributed by atoms with Gasteiger partial charge in [0, 0.05) is 48.6 Å². The van der Waals surface area contributed by atoms with E-state index < -0.39 is 16.1 Å². The Bertz CT molecular complexity index is 906. The number of ether oxygens (including phenoxy) is 1. The van der Waals surface area contributed by atoms with E-state index in [4.69, 9.17) is 10.6 Å². The van der Waals surface area contributed by atoms with E-state index in [1.54, 1.807) is 12.1 Å². The minimum Gasteiger partial charge on any atom is -0.448 e. The molecule has 8 nitrogen and oxygen atoms in total. The van der Waals surface area contributed by atoms with Gasteiger partial charge in [-0.3, -0.25) is 5.43 Å². The fourth-order valence-corrected chi connectivity index (χ4v) is 5.63. The number of hydrogen-bond acceptors (Lipinski definition) is 8. The fraction of sp³-hybridized carbons (Fsp3) is 0.353. The minimum atomic E-state index is -3.62. The number of fused-ring (bicyclic) bond motifs is 1. The molecule has 154 valence electrons. The summed E-state index contributed by atoms with van der Waals surface area (Å²) in [4.78, 5) is 13.0. The number of hydrazine groups is 1. The van der Waals surface area contributed by atoms with E-state index in [-0.39, 0.29) is 11.5 Å². The Morgan fingerprint density at radius 3 is 2.50 bits per heavy atom. The van der Waals surface area contributed by atoms with Gasteiger partial charge in [0.25, 0.3) is 0 Å². The van der Waals surface area contributed by atoms with Crippen LogP contribution in [0.5, 0.6) is 0 Å². The van der Waals surface area contributed by atoms with E-state index in [1.807, 2.05) is 48.7 Å². The largest absolute Gasteiger partial charge is 0.448 e. The van der Waals surface area contributed by atoms with Crippen molar-refractivity contribution in [2.45, 2.75) is 4.90 Å². The average molecular weight is 445 g/mol. The molecule has 4 N–H and O–H groups in total. The Hall–Kier alpha value is -1.66. The molecule has 11 heteroatoms. The van der Waals surface area contributed by atoms with E-state index in [0.717, 1.165) is 11.1 Å². The van der Waals surface area contributed by atoms with Crippen molar-refractivity contribution in [2.24, 2.45) is 5.84 Å². The smallest absolute Gasteiger partial charge is 0.421 e. The highest BCUT2D eigenvalue weighted by atomic mass is 33.1. The quantitative estimate of drug-likeness (QED) is 0.168. The lowest BCUT2D eigenvalue weighted by molar-refractivity contribution is 0.153. The SMILES string of the molecule is CN(C)c1cccc2c(S(=O)(=O)NCCSSCCOC(=O)NN)cccc12. The molecule has 0 unspecified atom stereocenters. The van der Waals surface area contributed by atoms with E-state index in [9.17, 15) is 13.2 Å². The molecule has 0 fully saturated rings. The topological polar surface area (TPSA) is 114 Å². The van der Waals surface area contributed by atoms with Crippen molar-refractivity contribution >= 4 is 54.2 Å². The number of anilines is 1. The number of rotatable bonds is 10. The fourth-order valence-electron chi connectivity index (χ4n) is 2.51. The second-order valence-electron chi connectivity index (χ2n) is 5.84. The maximum atomic E-state index is 12.8. The summed E-state index contributed by atoms with van der Waals surface area (Å²) in [5, 5.41) is 1.58. The Labute approximate surface area is 173 Å². The van der Waals surface area contributed by atoms with Crippen LogP contribution in [-0.4, -0.2) is 53.3 Å². The molecule has 2 rings (SSSR count). The van der Waals surface area contributed by atoms with Gasteiger partial charge in [-0.25, -0.2) is 23.8 Å². The summed E-state index contributed by atoms with van der Waals surface area (Å²) in [5.41, 5.74) is 2.84. The molecular weight excluding hydrogens is 420 g/mol. The van der Waals surface area contributed by atoms with Gasteiger partial charge in [-0.1, -0.05) is 45.9 Å². The molecule has 28 heavy (non-hydrogen) atoms. The molecule has 0 heterocycles. The zero-order valence-electron chi connectivity index (χ0n) is 15.7. The van der Waals surface area contributed by atoms with Crippen molar-refractivity contribution in [3.63, 3.8) is 0 Å². The van der Waals surface area contributed by atoms with E-state index in [0.29, 0.717) is 23.4 Å². The number of amides is 1. The van der Waals surface area contributed by atoms with Gasteiger partial charge in [-0.05, 0) is 12.1 Å². The number of carbonyl (C=O) groups is 1. The Morgan fingerprint density at radius 2 is 1.79 bits per heavy atom. The van der Waals surface area contributed by atoms with Gasteiger partial charge in [0.05, 0.1) is 4.90 Å².